The molecule has 10 nitrogen and oxygen atoms in total. The molecule has 0 atom stereocenters. The SMILES string of the molecule is CCN1C(=O)C(=Cc2ccc(-c3ccc(OC)cc3[N+](=O)[O-])o2)SC1=Nc1cccc(C(=O)OC)c1. The zero-order valence-electron chi connectivity index (χ0n) is 19.6. The number of hydrogen-bond acceptors (Lipinski definition) is 9. The molecule has 0 saturated carbocycles. The normalized spacial score (nSPS) is 15.5. The molecular weight excluding hydrogens is 486 g/mol. The van der Waals surface area contributed by atoms with Gasteiger partial charge in [-0.2, -0.15) is 0 Å². The number of nitro benzene ring substituents is 1. The van der Waals surface area contributed by atoms with E-state index in [0.717, 1.165) is 0 Å². The Morgan fingerprint density at radius 3 is 2.69 bits per heavy atom. The Bertz CT molecular complexity index is 1410. The second kappa shape index (κ2) is 10.5. The van der Waals surface area contributed by atoms with Crippen molar-refractivity contribution in [3.63, 3.8) is 0 Å². The van der Waals surface area contributed by atoms with Crippen LogP contribution in [0.25, 0.3) is 17.4 Å². The first kappa shape index (κ1) is 24.7. The van der Waals surface area contributed by atoms with Gasteiger partial charge in [0.25, 0.3) is 11.6 Å². The average Bonchev–Trinajstić information content (AvgIpc) is 3.47. The van der Waals surface area contributed by atoms with Gasteiger partial charge in [0.2, 0.25) is 0 Å². The number of furan rings is 1. The van der Waals surface area contributed by atoms with Gasteiger partial charge in [-0.15, -0.1) is 0 Å². The third kappa shape index (κ3) is 5.01. The van der Waals surface area contributed by atoms with E-state index in [0.29, 0.717) is 44.9 Å². The number of carbonyl (C=O) groups is 2. The van der Waals surface area contributed by atoms with Gasteiger partial charge >= 0.3 is 5.97 Å². The fourth-order valence-electron chi connectivity index (χ4n) is 3.50. The maximum atomic E-state index is 13.0. The molecule has 2 heterocycles. The zero-order valence-corrected chi connectivity index (χ0v) is 20.4. The lowest BCUT2D eigenvalue weighted by atomic mass is 10.1. The minimum Gasteiger partial charge on any atom is -0.497 e. The van der Waals surface area contributed by atoms with Crippen molar-refractivity contribution in [2.24, 2.45) is 4.99 Å². The standard InChI is InChI=1S/C25H21N3O7S/c1-4-27-23(29)22(36-25(27)26-16-7-5-6-15(12-16)24(30)34-3)14-18-9-11-21(35-18)19-10-8-17(33-2)13-20(19)28(31)32/h5-14H,4H2,1-3H3. The van der Waals surface area contributed by atoms with Gasteiger partial charge in [-0.3, -0.25) is 19.8 Å². The molecular formula is C25H21N3O7S. The smallest absolute Gasteiger partial charge is 0.337 e. The lowest BCUT2D eigenvalue weighted by molar-refractivity contribution is -0.384. The van der Waals surface area contributed by atoms with Crippen LogP contribution in [0.4, 0.5) is 11.4 Å². The van der Waals surface area contributed by atoms with E-state index in [-0.39, 0.29) is 17.4 Å². The molecule has 36 heavy (non-hydrogen) atoms. The Hall–Kier alpha value is -4.38. The summed E-state index contributed by atoms with van der Waals surface area (Å²) in [5.41, 5.74) is 0.983. The topological polar surface area (TPSA) is 124 Å². The van der Waals surface area contributed by atoms with Crippen LogP contribution in [0.2, 0.25) is 0 Å². The summed E-state index contributed by atoms with van der Waals surface area (Å²) in [5, 5.41) is 12.0. The van der Waals surface area contributed by atoms with Crippen LogP contribution in [0, 0.1) is 10.1 Å². The fraction of sp³-hybridized carbons (Fsp3) is 0.160. The van der Waals surface area contributed by atoms with Crippen LogP contribution in [0.15, 0.2) is 68.9 Å². The van der Waals surface area contributed by atoms with Crippen LogP contribution < -0.4 is 4.74 Å². The molecule has 184 valence electrons. The number of amidine groups is 1. The molecule has 1 aliphatic heterocycles. The number of nitro groups is 1. The monoisotopic (exact) mass is 507 g/mol. The molecule has 1 aromatic heterocycles. The maximum Gasteiger partial charge on any atom is 0.337 e. The quantitative estimate of drug-likeness (QED) is 0.183. The minimum absolute atomic E-state index is 0.157. The number of nitrogens with zero attached hydrogens (tertiary/aromatic N) is 3. The van der Waals surface area contributed by atoms with Crippen LogP contribution >= 0.6 is 11.8 Å². The van der Waals surface area contributed by atoms with Crippen LogP contribution in [0.5, 0.6) is 5.75 Å². The summed E-state index contributed by atoms with van der Waals surface area (Å²) >= 11 is 1.17. The maximum absolute atomic E-state index is 13.0. The zero-order chi connectivity index (χ0) is 25.8. The molecule has 1 aliphatic rings. The summed E-state index contributed by atoms with van der Waals surface area (Å²) in [4.78, 5) is 42.3. The Kier molecular flexibility index (Phi) is 7.20. The molecule has 0 aliphatic carbocycles. The third-order valence-electron chi connectivity index (χ3n) is 5.26. The van der Waals surface area contributed by atoms with Gasteiger partial charge in [0, 0.05) is 12.6 Å². The highest BCUT2D eigenvalue weighted by Gasteiger charge is 2.32. The van der Waals surface area contributed by atoms with Crippen LogP contribution in [-0.2, 0) is 9.53 Å². The molecule has 4 rings (SSSR count). The lowest BCUT2D eigenvalue weighted by Crippen LogP contribution is -2.28. The van der Waals surface area contributed by atoms with Crippen molar-refractivity contribution in [3.8, 4) is 17.1 Å². The summed E-state index contributed by atoms with van der Waals surface area (Å²) < 4.78 is 15.6. The van der Waals surface area contributed by atoms with Crippen molar-refractivity contribution in [3.05, 3.63) is 80.9 Å². The molecule has 0 spiro atoms. The third-order valence-corrected chi connectivity index (χ3v) is 6.27. The van der Waals surface area contributed by atoms with E-state index in [1.165, 1.54) is 36.9 Å². The average molecular weight is 508 g/mol. The van der Waals surface area contributed by atoms with E-state index in [1.807, 2.05) is 6.92 Å². The van der Waals surface area contributed by atoms with Crippen molar-refractivity contribution in [2.45, 2.75) is 6.92 Å². The number of benzene rings is 2. The molecule has 0 radical (unpaired) electrons. The second-order valence-electron chi connectivity index (χ2n) is 7.44. The first-order chi connectivity index (χ1) is 17.3. The number of hydrogen-bond donors (Lipinski definition) is 0. The van der Waals surface area contributed by atoms with E-state index in [1.54, 1.807) is 54.6 Å². The van der Waals surface area contributed by atoms with Gasteiger partial charge in [0.1, 0.15) is 17.3 Å². The number of aliphatic imine (C=N–C) groups is 1. The summed E-state index contributed by atoms with van der Waals surface area (Å²) in [6, 6.07) is 14.3. The van der Waals surface area contributed by atoms with E-state index in [2.05, 4.69) is 4.99 Å². The van der Waals surface area contributed by atoms with Crippen molar-refractivity contribution in [1.29, 1.82) is 0 Å². The number of amides is 1. The van der Waals surface area contributed by atoms with E-state index >= 15 is 0 Å². The van der Waals surface area contributed by atoms with Gasteiger partial charge in [0.15, 0.2) is 5.17 Å². The lowest BCUT2D eigenvalue weighted by Gasteiger charge is -2.12. The number of rotatable bonds is 7. The summed E-state index contributed by atoms with van der Waals surface area (Å²) in [6.07, 6.45) is 1.57. The van der Waals surface area contributed by atoms with Crippen molar-refractivity contribution >= 4 is 46.3 Å². The number of ether oxygens (including phenoxy) is 2. The molecule has 11 heteroatoms. The van der Waals surface area contributed by atoms with Crippen molar-refractivity contribution in [1.82, 2.24) is 4.90 Å². The van der Waals surface area contributed by atoms with Gasteiger partial charge in [-0.05, 0) is 61.2 Å². The number of thioether (sulfide) groups is 1. The Balaban J connectivity index is 1.63. The second-order valence-corrected chi connectivity index (χ2v) is 8.45. The molecule has 0 N–H and O–H groups in total. The van der Waals surface area contributed by atoms with Crippen LogP contribution in [0.3, 0.4) is 0 Å². The highest BCUT2D eigenvalue weighted by Crippen LogP contribution is 2.37. The van der Waals surface area contributed by atoms with Gasteiger partial charge in [-0.1, -0.05) is 6.07 Å². The first-order valence-corrected chi connectivity index (χ1v) is 11.6. The Morgan fingerprint density at radius 1 is 1.19 bits per heavy atom. The minimum atomic E-state index is -0.508. The molecule has 1 saturated heterocycles. The molecule has 1 amide bonds. The molecule has 0 unspecified atom stereocenters. The summed E-state index contributed by atoms with van der Waals surface area (Å²) in [7, 11) is 2.73. The fourth-order valence-corrected chi connectivity index (χ4v) is 4.55. The number of esters is 1. The number of methoxy groups -OCH3 is 2. The van der Waals surface area contributed by atoms with Crippen molar-refractivity contribution in [2.75, 3.05) is 20.8 Å². The van der Waals surface area contributed by atoms with Gasteiger partial charge in [-0.25, -0.2) is 9.79 Å². The predicted molar refractivity (Wildman–Crippen MR) is 135 cm³/mol. The Morgan fingerprint density at radius 2 is 2.00 bits per heavy atom. The van der Waals surface area contributed by atoms with Crippen molar-refractivity contribution < 1.29 is 28.4 Å². The largest absolute Gasteiger partial charge is 0.497 e. The highest BCUT2D eigenvalue weighted by molar-refractivity contribution is 8.18. The van der Waals surface area contributed by atoms with Gasteiger partial charge in [0.05, 0.1) is 46.9 Å². The number of likely N-dealkylation sites (N-methyl/N-ethyl adjacent to an activating group) is 1. The summed E-state index contributed by atoms with van der Waals surface area (Å²) in [6.45, 7) is 2.22. The number of carbonyl (C=O) groups excluding carboxylic acids is 2. The van der Waals surface area contributed by atoms with Crippen LogP contribution in [-0.4, -0.2) is 47.6 Å². The van der Waals surface area contributed by atoms with E-state index < -0.39 is 10.9 Å². The van der Waals surface area contributed by atoms with Gasteiger partial charge < -0.3 is 13.9 Å². The van der Waals surface area contributed by atoms with E-state index in [4.69, 9.17) is 13.9 Å². The highest BCUT2D eigenvalue weighted by atomic mass is 32.2. The summed E-state index contributed by atoms with van der Waals surface area (Å²) in [5.74, 6) is 0.268. The molecule has 2 aromatic carbocycles. The molecule has 3 aromatic rings. The molecule has 1 fully saturated rings. The molecule has 0 bridgehead atoms. The van der Waals surface area contributed by atoms with E-state index in [9.17, 15) is 19.7 Å². The Labute approximate surface area is 210 Å². The van der Waals surface area contributed by atoms with Crippen LogP contribution in [0.1, 0.15) is 23.0 Å². The first-order valence-electron chi connectivity index (χ1n) is 10.8. The predicted octanol–water partition coefficient (Wildman–Crippen LogP) is 5.27.